The molecule has 0 unspecified atom stereocenters. The normalized spacial score (nSPS) is 14.5. The molecule has 1 aliphatic heterocycles. The van der Waals surface area contributed by atoms with Gasteiger partial charge in [-0.25, -0.2) is 0 Å². The molecule has 1 heterocycles. The van der Waals surface area contributed by atoms with Crippen LogP contribution in [-0.4, -0.2) is 47.9 Å². The Labute approximate surface area is 145 Å². The van der Waals surface area contributed by atoms with Crippen molar-refractivity contribution in [1.29, 1.82) is 0 Å². The minimum atomic E-state index is -0.267. The maximum Gasteiger partial charge on any atom is 0.288 e. The Morgan fingerprint density at radius 2 is 2.00 bits per heavy atom. The summed E-state index contributed by atoms with van der Waals surface area (Å²) in [6.07, 6.45) is 3.20. The van der Waals surface area contributed by atoms with Gasteiger partial charge in [0.15, 0.2) is 0 Å². The lowest BCUT2D eigenvalue weighted by atomic mass is 10.0. The van der Waals surface area contributed by atoms with Crippen molar-refractivity contribution in [1.82, 2.24) is 10.2 Å². The fourth-order valence-electron chi connectivity index (χ4n) is 2.42. The highest BCUT2D eigenvalue weighted by molar-refractivity contribution is 8.14. The monoisotopic (exact) mass is 348 g/mol. The van der Waals surface area contributed by atoms with Crippen molar-refractivity contribution in [2.45, 2.75) is 13.8 Å². The number of thioether (sulfide) groups is 1. The van der Waals surface area contributed by atoms with Crippen molar-refractivity contribution in [2.75, 3.05) is 26.0 Å². The van der Waals surface area contributed by atoms with E-state index in [9.17, 15) is 14.4 Å². The molecule has 7 heteroatoms. The second-order valence-electron chi connectivity index (χ2n) is 5.40. The van der Waals surface area contributed by atoms with Crippen molar-refractivity contribution in [3.05, 3.63) is 34.9 Å². The lowest BCUT2D eigenvalue weighted by molar-refractivity contribution is -0.125. The Kier molecular flexibility index (Phi) is 6.03. The van der Waals surface area contributed by atoms with Crippen LogP contribution in [0.4, 0.5) is 4.79 Å². The van der Waals surface area contributed by atoms with Crippen LogP contribution in [0.15, 0.2) is 18.2 Å². The number of hydrogen-bond acceptors (Lipinski definition) is 5. The van der Waals surface area contributed by atoms with Crippen molar-refractivity contribution < 1.29 is 19.1 Å². The summed E-state index contributed by atoms with van der Waals surface area (Å²) in [6.45, 7) is 4.34. The van der Waals surface area contributed by atoms with Crippen LogP contribution in [0, 0.1) is 13.8 Å². The van der Waals surface area contributed by atoms with E-state index in [1.807, 2.05) is 26.0 Å². The summed E-state index contributed by atoms with van der Waals surface area (Å²) in [5, 5.41) is 2.42. The van der Waals surface area contributed by atoms with Crippen molar-refractivity contribution >= 4 is 34.9 Å². The molecule has 0 aliphatic carbocycles. The van der Waals surface area contributed by atoms with E-state index in [1.165, 1.54) is 6.08 Å². The van der Waals surface area contributed by atoms with Gasteiger partial charge in [0.1, 0.15) is 5.75 Å². The maximum atomic E-state index is 11.9. The number of rotatable bonds is 6. The van der Waals surface area contributed by atoms with E-state index in [4.69, 9.17) is 4.74 Å². The Morgan fingerprint density at radius 3 is 2.54 bits per heavy atom. The molecule has 0 bridgehead atoms. The van der Waals surface area contributed by atoms with Crippen LogP contribution in [0.1, 0.15) is 16.7 Å². The van der Waals surface area contributed by atoms with Gasteiger partial charge in [-0.05, 0) is 48.7 Å². The van der Waals surface area contributed by atoms with E-state index in [1.54, 1.807) is 13.2 Å². The zero-order valence-electron chi connectivity index (χ0n) is 13.9. The highest BCUT2D eigenvalue weighted by Crippen LogP contribution is 2.22. The van der Waals surface area contributed by atoms with Gasteiger partial charge in [0.05, 0.1) is 12.9 Å². The van der Waals surface area contributed by atoms with E-state index >= 15 is 0 Å². The summed E-state index contributed by atoms with van der Waals surface area (Å²) >= 11 is 0.987. The van der Waals surface area contributed by atoms with Gasteiger partial charge in [-0.15, -0.1) is 0 Å². The number of imide groups is 1. The first-order valence-corrected chi connectivity index (χ1v) is 8.49. The summed E-state index contributed by atoms with van der Waals surface area (Å²) in [6, 6.07) is 3.82. The summed E-state index contributed by atoms with van der Waals surface area (Å²) in [4.78, 5) is 35.9. The Morgan fingerprint density at radius 1 is 1.33 bits per heavy atom. The van der Waals surface area contributed by atoms with E-state index in [-0.39, 0.29) is 35.9 Å². The molecular formula is C17H20N2O4S. The van der Waals surface area contributed by atoms with Gasteiger partial charge >= 0.3 is 0 Å². The average Bonchev–Trinajstić information content (AvgIpc) is 2.85. The molecule has 1 aromatic carbocycles. The fraction of sp³-hybridized carbons (Fsp3) is 0.353. The summed E-state index contributed by atoms with van der Waals surface area (Å²) in [7, 11) is 1.62. The third kappa shape index (κ3) is 4.38. The van der Waals surface area contributed by atoms with Crippen LogP contribution < -0.4 is 10.1 Å². The van der Waals surface area contributed by atoms with Gasteiger partial charge in [0, 0.05) is 19.2 Å². The molecule has 1 aliphatic rings. The number of aryl methyl sites for hydroxylation is 2. The fourth-order valence-corrected chi connectivity index (χ4v) is 3.17. The van der Waals surface area contributed by atoms with Crippen molar-refractivity contribution in [2.24, 2.45) is 0 Å². The SMILES string of the molecule is COc1cc(C)c(/C=C/C(=O)NCCN2C(=O)CSC2=O)c(C)c1. The van der Waals surface area contributed by atoms with Gasteiger partial charge in [0.2, 0.25) is 11.8 Å². The van der Waals surface area contributed by atoms with Crippen molar-refractivity contribution in [3.63, 3.8) is 0 Å². The molecule has 6 nitrogen and oxygen atoms in total. The van der Waals surface area contributed by atoms with Gasteiger partial charge in [-0.2, -0.15) is 0 Å². The lowest BCUT2D eigenvalue weighted by Gasteiger charge is -2.12. The molecule has 0 aromatic heterocycles. The third-order valence-electron chi connectivity index (χ3n) is 3.68. The highest BCUT2D eigenvalue weighted by Gasteiger charge is 2.29. The number of methoxy groups -OCH3 is 1. The summed E-state index contributed by atoms with van der Waals surface area (Å²) < 4.78 is 5.21. The molecule has 0 atom stereocenters. The van der Waals surface area contributed by atoms with E-state index in [2.05, 4.69) is 5.32 Å². The van der Waals surface area contributed by atoms with Crippen LogP contribution in [0.25, 0.3) is 6.08 Å². The largest absolute Gasteiger partial charge is 0.497 e. The predicted molar refractivity (Wildman–Crippen MR) is 94.1 cm³/mol. The average molecular weight is 348 g/mol. The predicted octanol–water partition coefficient (Wildman–Crippen LogP) is 2.14. The minimum Gasteiger partial charge on any atom is -0.497 e. The Hall–Kier alpha value is -2.28. The molecule has 1 saturated heterocycles. The number of carbonyl (C=O) groups excluding carboxylic acids is 3. The lowest BCUT2D eigenvalue weighted by Crippen LogP contribution is -2.37. The zero-order chi connectivity index (χ0) is 17.7. The standard InChI is InChI=1S/C17H20N2O4S/c1-11-8-13(23-3)9-12(2)14(11)4-5-15(20)18-6-7-19-16(21)10-24-17(19)22/h4-5,8-9H,6-7,10H2,1-3H3,(H,18,20)/b5-4+. The molecule has 3 amide bonds. The first kappa shape index (κ1) is 18.1. The van der Waals surface area contributed by atoms with E-state index in [0.717, 1.165) is 39.1 Å². The second-order valence-corrected chi connectivity index (χ2v) is 6.33. The molecular weight excluding hydrogens is 328 g/mol. The van der Waals surface area contributed by atoms with Gasteiger partial charge in [0.25, 0.3) is 5.24 Å². The van der Waals surface area contributed by atoms with Gasteiger partial charge in [-0.1, -0.05) is 11.8 Å². The van der Waals surface area contributed by atoms with Crippen LogP contribution in [0.3, 0.4) is 0 Å². The molecule has 0 spiro atoms. The molecule has 128 valence electrons. The van der Waals surface area contributed by atoms with Crippen LogP contribution >= 0.6 is 11.8 Å². The number of amides is 3. The Balaban J connectivity index is 1.89. The van der Waals surface area contributed by atoms with Crippen LogP contribution in [0.2, 0.25) is 0 Å². The van der Waals surface area contributed by atoms with E-state index in [0.29, 0.717) is 0 Å². The first-order chi connectivity index (χ1) is 11.4. The van der Waals surface area contributed by atoms with E-state index < -0.39 is 0 Å². The number of nitrogens with zero attached hydrogens (tertiary/aromatic N) is 1. The van der Waals surface area contributed by atoms with Gasteiger partial charge < -0.3 is 10.1 Å². The minimum absolute atomic E-state index is 0.183. The van der Waals surface area contributed by atoms with Crippen LogP contribution in [0.5, 0.6) is 5.75 Å². The molecule has 1 aromatic rings. The first-order valence-electron chi connectivity index (χ1n) is 7.50. The topological polar surface area (TPSA) is 75.7 Å². The summed E-state index contributed by atoms with van der Waals surface area (Å²) in [5.74, 6) is 0.489. The smallest absolute Gasteiger partial charge is 0.288 e. The number of benzene rings is 1. The molecule has 2 rings (SSSR count). The molecule has 1 N–H and O–H groups in total. The molecule has 0 radical (unpaired) electrons. The van der Waals surface area contributed by atoms with Crippen molar-refractivity contribution in [3.8, 4) is 5.75 Å². The molecule has 0 saturated carbocycles. The number of hydrogen-bond donors (Lipinski definition) is 1. The highest BCUT2D eigenvalue weighted by atomic mass is 32.2. The maximum absolute atomic E-state index is 11.9. The number of ether oxygens (including phenoxy) is 1. The number of carbonyl (C=O) groups is 3. The third-order valence-corrected chi connectivity index (χ3v) is 4.54. The second kappa shape index (κ2) is 8.01. The molecule has 24 heavy (non-hydrogen) atoms. The quantitative estimate of drug-likeness (QED) is 0.797. The van der Waals surface area contributed by atoms with Crippen LogP contribution in [-0.2, 0) is 9.59 Å². The summed E-state index contributed by atoms with van der Waals surface area (Å²) in [5.41, 5.74) is 3.00. The number of nitrogens with one attached hydrogen (secondary N) is 1. The van der Waals surface area contributed by atoms with Gasteiger partial charge in [-0.3, -0.25) is 19.3 Å². The molecule has 1 fully saturated rings. The zero-order valence-corrected chi connectivity index (χ0v) is 14.7. The Bertz CT molecular complexity index is 661.